The second kappa shape index (κ2) is 6.87. The van der Waals surface area contributed by atoms with E-state index in [-0.39, 0.29) is 23.7 Å². The SMILES string of the molecule is CCNC(c1cccc(OC)c1F)C1CCCCO1. The van der Waals surface area contributed by atoms with Gasteiger partial charge in [-0.3, -0.25) is 0 Å². The highest BCUT2D eigenvalue weighted by Gasteiger charge is 2.28. The average molecular weight is 267 g/mol. The fourth-order valence-electron chi connectivity index (χ4n) is 2.62. The third-order valence-corrected chi connectivity index (χ3v) is 3.56. The van der Waals surface area contributed by atoms with Crippen molar-refractivity contribution in [2.45, 2.75) is 38.3 Å². The van der Waals surface area contributed by atoms with E-state index in [1.165, 1.54) is 7.11 Å². The van der Waals surface area contributed by atoms with Gasteiger partial charge < -0.3 is 14.8 Å². The van der Waals surface area contributed by atoms with E-state index in [2.05, 4.69) is 5.32 Å². The third kappa shape index (κ3) is 3.25. The lowest BCUT2D eigenvalue weighted by atomic mass is 9.95. The minimum atomic E-state index is -0.287. The second-order valence-corrected chi connectivity index (χ2v) is 4.80. The van der Waals surface area contributed by atoms with E-state index < -0.39 is 0 Å². The Labute approximate surface area is 114 Å². The van der Waals surface area contributed by atoms with Crippen LogP contribution in [0, 0.1) is 5.82 Å². The standard InChI is InChI=1S/C15H22FNO2/c1-3-17-15(13-8-4-5-10-19-13)11-7-6-9-12(18-2)14(11)16/h6-7,9,13,15,17H,3-5,8,10H2,1-2H3. The molecule has 3 nitrogen and oxygen atoms in total. The van der Waals surface area contributed by atoms with Gasteiger partial charge in [0, 0.05) is 12.2 Å². The summed E-state index contributed by atoms with van der Waals surface area (Å²) in [6.07, 6.45) is 3.23. The molecule has 0 aliphatic carbocycles. The summed E-state index contributed by atoms with van der Waals surface area (Å²) in [6.45, 7) is 3.56. The quantitative estimate of drug-likeness (QED) is 0.889. The fourth-order valence-corrected chi connectivity index (χ4v) is 2.62. The van der Waals surface area contributed by atoms with Crippen LogP contribution in [0.2, 0.25) is 0 Å². The molecule has 1 aliphatic heterocycles. The van der Waals surface area contributed by atoms with Gasteiger partial charge in [0.1, 0.15) is 0 Å². The zero-order valence-electron chi connectivity index (χ0n) is 11.6. The molecule has 0 radical (unpaired) electrons. The molecule has 1 heterocycles. The summed E-state index contributed by atoms with van der Waals surface area (Å²) in [5.41, 5.74) is 0.633. The zero-order chi connectivity index (χ0) is 13.7. The van der Waals surface area contributed by atoms with Crippen molar-refractivity contribution < 1.29 is 13.9 Å². The molecule has 1 N–H and O–H groups in total. The molecular weight excluding hydrogens is 245 g/mol. The number of rotatable bonds is 5. The van der Waals surface area contributed by atoms with Gasteiger partial charge in [-0.05, 0) is 31.9 Å². The lowest BCUT2D eigenvalue weighted by Crippen LogP contribution is -2.36. The zero-order valence-corrected chi connectivity index (χ0v) is 11.6. The molecule has 1 saturated heterocycles. The molecule has 0 aromatic heterocycles. The van der Waals surface area contributed by atoms with Gasteiger partial charge in [-0.25, -0.2) is 4.39 Å². The highest BCUT2D eigenvalue weighted by atomic mass is 19.1. The monoisotopic (exact) mass is 267 g/mol. The molecule has 0 spiro atoms. The number of hydrogen-bond donors (Lipinski definition) is 1. The van der Waals surface area contributed by atoms with Crippen LogP contribution in [0.4, 0.5) is 4.39 Å². The van der Waals surface area contributed by atoms with E-state index in [0.29, 0.717) is 5.56 Å². The van der Waals surface area contributed by atoms with Gasteiger partial charge in [-0.1, -0.05) is 19.1 Å². The lowest BCUT2D eigenvalue weighted by molar-refractivity contribution is -0.00863. The van der Waals surface area contributed by atoms with E-state index in [4.69, 9.17) is 9.47 Å². The predicted molar refractivity (Wildman–Crippen MR) is 73.0 cm³/mol. The van der Waals surface area contributed by atoms with Crippen LogP contribution in [-0.4, -0.2) is 26.4 Å². The van der Waals surface area contributed by atoms with Crippen LogP contribution in [0.15, 0.2) is 18.2 Å². The normalized spacial score (nSPS) is 21.1. The van der Waals surface area contributed by atoms with Gasteiger partial charge in [0.25, 0.3) is 0 Å². The fraction of sp³-hybridized carbons (Fsp3) is 0.600. The van der Waals surface area contributed by atoms with E-state index in [1.807, 2.05) is 19.1 Å². The molecule has 1 aromatic carbocycles. The first-order valence-electron chi connectivity index (χ1n) is 6.95. The van der Waals surface area contributed by atoms with Crippen molar-refractivity contribution in [3.05, 3.63) is 29.6 Å². The molecule has 0 amide bonds. The van der Waals surface area contributed by atoms with Crippen LogP contribution in [0.25, 0.3) is 0 Å². The van der Waals surface area contributed by atoms with Crippen molar-refractivity contribution in [3.8, 4) is 5.75 Å². The summed E-state index contributed by atoms with van der Waals surface area (Å²) >= 11 is 0. The molecule has 0 bridgehead atoms. The van der Waals surface area contributed by atoms with Gasteiger partial charge >= 0.3 is 0 Å². The molecule has 4 heteroatoms. The summed E-state index contributed by atoms with van der Waals surface area (Å²) in [5, 5.41) is 3.34. The van der Waals surface area contributed by atoms with E-state index in [1.54, 1.807) is 6.07 Å². The molecular formula is C15H22FNO2. The Morgan fingerprint density at radius 2 is 2.32 bits per heavy atom. The average Bonchev–Trinajstić information content (AvgIpc) is 2.46. The van der Waals surface area contributed by atoms with Crippen molar-refractivity contribution in [3.63, 3.8) is 0 Å². The maximum Gasteiger partial charge on any atom is 0.169 e. The number of benzene rings is 1. The van der Waals surface area contributed by atoms with Crippen molar-refractivity contribution in [1.29, 1.82) is 0 Å². The van der Waals surface area contributed by atoms with Gasteiger partial charge in [-0.15, -0.1) is 0 Å². The topological polar surface area (TPSA) is 30.5 Å². The van der Waals surface area contributed by atoms with E-state index in [0.717, 1.165) is 32.4 Å². The van der Waals surface area contributed by atoms with Gasteiger partial charge in [0.2, 0.25) is 0 Å². The molecule has 1 fully saturated rings. The number of hydrogen-bond acceptors (Lipinski definition) is 3. The number of methoxy groups -OCH3 is 1. The number of likely N-dealkylation sites (N-methyl/N-ethyl adjacent to an activating group) is 1. The van der Waals surface area contributed by atoms with Crippen molar-refractivity contribution in [2.75, 3.05) is 20.3 Å². The Balaban J connectivity index is 2.27. The molecule has 0 saturated carbocycles. The Kier molecular flexibility index (Phi) is 5.16. The molecule has 106 valence electrons. The molecule has 2 atom stereocenters. The summed E-state index contributed by atoms with van der Waals surface area (Å²) in [7, 11) is 1.49. The van der Waals surface area contributed by atoms with Gasteiger partial charge in [0.05, 0.1) is 19.3 Å². The molecule has 2 rings (SSSR count). The maximum atomic E-state index is 14.4. The molecule has 1 aliphatic rings. The number of halogens is 1. The summed E-state index contributed by atoms with van der Waals surface area (Å²) in [4.78, 5) is 0. The first-order valence-corrected chi connectivity index (χ1v) is 6.95. The van der Waals surface area contributed by atoms with E-state index in [9.17, 15) is 4.39 Å². The van der Waals surface area contributed by atoms with Crippen LogP contribution in [0.3, 0.4) is 0 Å². The summed E-state index contributed by atoms with van der Waals surface area (Å²) in [6, 6.07) is 5.16. The minimum absolute atomic E-state index is 0.0373. The Morgan fingerprint density at radius 1 is 1.47 bits per heavy atom. The predicted octanol–water partition coefficient (Wildman–Crippen LogP) is 3.05. The van der Waals surface area contributed by atoms with Crippen LogP contribution >= 0.6 is 0 Å². The highest BCUT2D eigenvalue weighted by molar-refractivity contribution is 5.33. The molecule has 19 heavy (non-hydrogen) atoms. The Bertz CT molecular complexity index is 405. The first kappa shape index (κ1) is 14.3. The van der Waals surface area contributed by atoms with Crippen LogP contribution in [-0.2, 0) is 4.74 Å². The molecule has 2 unspecified atom stereocenters. The Morgan fingerprint density at radius 3 is 2.95 bits per heavy atom. The number of nitrogens with one attached hydrogen (secondary N) is 1. The summed E-state index contributed by atoms with van der Waals surface area (Å²) < 4.78 is 25.2. The summed E-state index contributed by atoms with van der Waals surface area (Å²) in [5.74, 6) is 0.00124. The van der Waals surface area contributed by atoms with Gasteiger partial charge in [0.15, 0.2) is 11.6 Å². The highest BCUT2D eigenvalue weighted by Crippen LogP contribution is 2.31. The lowest BCUT2D eigenvalue weighted by Gasteiger charge is -2.31. The minimum Gasteiger partial charge on any atom is -0.494 e. The van der Waals surface area contributed by atoms with Crippen molar-refractivity contribution in [1.82, 2.24) is 5.32 Å². The maximum absolute atomic E-state index is 14.4. The van der Waals surface area contributed by atoms with Crippen molar-refractivity contribution >= 4 is 0 Å². The molecule has 1 aromatic rings. The first-order chi connectivity index (χ1) is 9.27. The van der Waals surface area contributed by atoms with Crippen LogP contribution < -0.4 is 10.1 Å². The van der Waals surface area contributed by atoms with Crippen LogP contribution in [0.5, 0.6) is 5.75 Å². The third-order valence-electron chi connectivity index (χ3n) is 3.56. The van der Waals surface area contributed by atoms with Crippen LogP contribution in [0.1, 0.15) is 37.8 Å². The second-order valence-electron chi connectivity index (χ2n) is 4.80. The Hall–Kier alpha value is -1.13. The van der Waals surface area contributed by atoms with E-state index >= 15 is 0 Å². The number of ether oxygens (including phenoxy) is 2. The smallest absolute Gasteiger partial charge is 0.169 e. The van der Waals surface area contributed by atoms with Crippen molar-refractivity contribution in [2.24, 2.45) is 0 Å². The largest absolute Gasteiger partial charge is 0.494 e. The van der Waals surface area contributed by atoms with Gasteiger partial charge in [-0.2, -0.15) is 0 Å².